The van der Waals surface area contributed by atoms with Crippen LogP contribution < -0.4 is 10.2 Å². The summed E-state index contributed by atoms with van der Waals surface area (Å²) in [5.74, 6) is 1.25. The number of aliphatic hydroxyl groups excluding tert-OH is 1. The van der Waals surface area contributed by atoms with Crippen molar-refractivity contribution in [1.29, 1.82) is 0 Å². The second-order valence-corrected chi connectivity index (χ2v) is 7.23. The molecule has 0 spiro atoms. The number of nitrogens with zero attached hydrogens (tertiary/aromatic N) is 5. The lowest BCUT2D eigenvalue weighted by Gasteiger charge is -2.21. The van der Waals surface area contributed by atoms with Crippen LogP contribution >= 0.6 is 0 Å². The largest absolute Gasteiger partial charge is 0.395 e. The standard InChI is InChI=1S/C23H26N6O/c1-4-28(12-13-30)23-26-21(25-18-11-10-16(2)17(3)14-18)20-15-24-29(22(20)27-23)19-8-6-5-7-9-19/h5-11,14-15,30H,4,12-13H2,1-3H3,(H,25,26,27). The Bertz CT molecular complexity index is 1160. The number of para-hydroxylation sites is 1. The van der Waals surface area contributed by atoms with Crippen molar-refractivity contribution >= 4 is 28.5 Å². The molecule has 2 aromatic heterocycles. The minimum absolute atomic E-state index is 0.0348. The number of rotatable bonds is 7. The van der Waals surface area contributed by atoms with Crippen molar-refractivity contribution < 1.29 is 5.11 Å². The van der Waals surface area contributed by atoms with Gasteiger partial charge in [-0.2, -0.15) is 15.1 Å². The van der Waals surface area contributed by atoms with Gasteiger partial charge in [0.15, 0.2) is 5.65 Å². The van der Waals surface area contributed by atoms with E-state index in [4.69, 9.17) is 9.97 Å². The Labute approximate surface area is 176 Å². The Hall–Kier alpha value is -3.45. The molecule has 0 atom stereocenters. The fourth-order valence-electron chi connectivity index (χ4n) is 3.37. The van der Waals surface area contributed by atoms with Gasteiger partial charge < -0.3 is 15.3 Å². The molecule has 154 valence electrons. The normalized spacial score (nSPS) is 11.1. The molecular weight excluding hydrogens is 376 g/mol. The molecule has 7 nitrogen and oxygen atoms in total. The molecule has 2 N–H and O–H groups in total. The molecule has 2 heterocycles. The molecule has 4 aromatic rings. The number of nitrogens with one attached hydrogen (secondary N) is 1. The third kappa shape index (κ3) is 3.84. The molecule has 0 aliphatic rings. The van der Waals surface area contributed by atoms with E-state index >= 15 is 0 Å². The van der Waals surface area contributed by atoms with E-state index in [-0.39, 0.29) is 6.61 Å². The van der Waals surface area contributed by atoms with Crippen LogP contribution in [0.25, 0.3) is 16.7 Å². The van der Waals surface area contributed by atoms with E-state index in [0.29, 0.717) is 30.5 Å². The summed E-state index contributed by atoms with van der Waals surface area (Å²) in [6.45, 7) is 7.40. The first-order valence-electron chi connectivity index (χ1n) is 10.1. The monoisotopic (exact) mass is 402 g/mol. The SMILES string of the molecule is CCN(CCO)c1nc(Nc2ccc(C)c(C)c2)c2cnn(-c3ccccc3)c2n1. The van der Waals surface area contributed by atoms with E-state index in [9.17, 15) is 5.11 Å². The Morgan fingerprint density at radius 3 is 2.53 bits per heavy atom. The predicted molar refractivity (Wildman–Crippen MR) is 121 cm³/mol. The van der Waals surface area contributed by atoms with Crippen molar-refractivity contribution in [2.75, 3.05) is 29.9 Å². The summed E-state index contributed by atoms with van der Waals surface area (Å²) in [6, 6.07) is 16.2. The van der Waals surface area contributed by atoms with Gasteiger partial charge in [0.2, 0.25) is 5.95 Å². The summed E-state index contributed by atoms with van der Waals surface area (Å²) in [7, 11) is 0. The quantitative estimate of drug-likeness (QED) is 0.487. The number of aryl methyl sites for hydroxylation is 2. The molecule has 30 heavy (non-hydrogen) atoms. The number of hydrogen-bond donors (Lipinski definition) is 2. The van der Waals surface area contributed by atoms with Gasteiger partial charge in [0.1, 0.15) is 5.82 Å². The van der Waals surface area contributed by atoms with Gasteiger partial charge in [-0.3, -0.25) is 0 Å². The van der Waals surface area contributed by atoms with Crippen LogP contribution in [0.15, 0.2) is 54.7 Å². The van der Waals surface area contributed by atoms with Gasteiger partial charge in [0.05, 0.1) is 23.9 Å². The molecule has 7 heteroatoms. The lowest BCUT2D eigenvalue weighted by Crippen LogP contribution is -2.28. The third-order valence-corrected chi connectivity index (χ3v) is 5.22. The number of aliphatic hydroxyl groups is 1. The number of anilines is 3. The number of aromatic nitrogens is 4. The summed E-state index contributed by atoms with van der Waals surface area (Å²) < 4.78 is 1.82. The van der Waals surface area contributed by atoms with Crippen molar-refractivity contribution in [2.24, 2.45) is 0 Å². The van der Waals surface area contributed by atoms with Crippen LogP contribution in [0, 0.1) is 13.8 Å². The molecule has 0 saturated carbocycles. The molecule has 0 aliphatic heterocycles. The van der Waals surface area contributed by atoms with Crippen molar-refractivity contribution in [3.05, 3.63) is 65.9 Å². The molecule has 4 rings (SSSR count). The predicted octanol–water partition coefficient (Wildman–Crippen LogP) is 3.99. The molecule has 0 unspecified atom stereocenters. The van der Waals surface area contributed by atoms with Gasteiger partial charge in [-0.25, -0.2) is 4.68 Å². The van der Waals surface area contributed by atoms with Gasteiger partial charge in [0.25, 0.3) is 0 Å². The van der Waals surface area contributed by atoms with Crippen LogP contribution in [0.4, 0.5) is 17.5 Å². The maximum absolute atomic E-state index is 9.47. The van der Waals surface area contributed by atoms with Crippen molar-refractivity contribution in [2.45, 2.75) is 20.8 Å². The molecule has 2 aromatic carbocycles. The van der Waals surface area contributed by atoms with Crippen molar-refractivity contribution in [3.63, 3.8) is 0 Å². The molecule has 0 radical (unpaired) electrons. The topological polar surface area (TPSA) is 79.1 Å². The first kappa shape index (κ1) is 19.8. The highest BCUT2D eigenvalue weighted by molar-refractivity contribution is 5.90. The Morgan fingerprint density at radius 1 is 1.03 bits per heavy atom. The van der Waals surface area contributed by atoms with E-state index in [1.807, 2.05) is 52.9 Å². The zero-order valence-electron chi connectivity index (χ0n) is 17.5. The number of hydrogen-bond acceptors (Lipinski definition) is 6. The third-order valence-electron chi connectivity index (χ3n) is 5.22. The van der Waals surface area contributed by atoms with Crippen LogP contribution in [-0.2, 0) is 0 Å². The fourth-order valence-corrected chi connectivity index (χ4v) is 3.37. The molecular formula is C23H26N6O. The second-order valence-electron chi connectivity index (χ2n) is 7.23. The molecule has 0 amide bonds. The minimum Gasteiger partial charge on any atom is -0.395 e. The Balaban J connectivity index is 1.86. The summed E-state index contributed by atoms with van der Waals surface area (Å²) in [5.41, 5.74) is 5.06. The minimum atomic E-state index is 0.0348. The summed E-state index contributed by atoms with van der Waals surface area (Å²) in [5, 5.41) is 18.3. The molecule has 0 fully saturated rings. The second kappa shape index (κ2) is 8.51. The average molecular weight is 403 g/mol. The Morgan fingerprint density at radius 2 is 1.83 bits per heavy atom. The first-order valence-corrected chi connectivity index (χ1v) is 10.1. The highest BCUT2D eigenvalue weighted by Gasteiger charge is 2.17. The number of likely N-dealkylation sites (N-methyl/N-ethyl adjacent to an activating group) is 1. The summed E-state index contributed by atoms with van der Waals surface area (Å²) in [6.07, 6.45) is 1.79. The molecule has 0 saturated heterocycles. The fraction of sp³-hybridized carbons (Fsp3) is 0.261. The van der Waals surface area contributed by atoms with E-state index in [1.165, 1.54) is 11.1 Å². The van der Waals surface area contributed by atoms with Gasteiger partial charge >= 0.3 is 0 Å². The van der Waals surface area contributed by atoms with E-state index in [2.05, 4.69) is 36.4 Å². The Kier molecular flexibility index (Phi) is 5.63. The van der Waals surface area contributed by atoms with Gasteiger partial charge in [-0.1, -0.05) is 24.3 Å². The van der Waals surface area contributed by atoms with Gasteiger partial charge in [-0.05, 0) is 56.2 Å². The summed E-state index contributed by atoms with van der Waals surface area (Å²) >= 11 is 0. The first-order chi connectivity index (χ1) is 14.6. The maximum atomic E-state index is 9.47. The average Bonchev–Trinajstić information content (AvgIpc) is 3.19. The van der Waals surface area contributed by atoms with Crippen LogP contribution in [0.3, 0.4) is 0 Å². The zero-order chi connectivity index (χ0) is 21.1. The number of benzene rings is 2. The lowest BCUT2D eigenvalue weighted by molar-refractivity contribution is 0.302. The van der Waals surface area contributed by atoms with Crippen LogP contribution in [0.1, 0.15) is 18.1 Å². The van der Waals surface area contributed by atoms with E-state index in [1.54, 1.807) is 6.20 Å². The summed E-state index contributed by atoms with van der Waals surface area (Å²) in [4.78, 5) is 11.5. The lowest BCUT2D eigenvalue weighted by atomic mass is 10.1. The van der Waals surface area contributed by atoms with Gasteiger partial charge in [-0.15, -0.1) is 0 Å². The van der Waals surface area contributed by atoms with Crippen molar-refractivity contribution in [1.82, 2.24) is 19.7 Å². The highest BCUT2D eigenvalue weighted by atomic mass is 16.3. The van der Waals surface area contributed by atoms with Crippen LogP contribution in [-0.4, -0.2) is 44.6 Å². The maximum Gasteiger partial charge on any atom is 0.229 e. The van der Waals surface area contributed by atoms with E-state index in [0.717, 1.165) is 16.8 Å². The van der Waals surface area contributed by atoms with Crippen LogP contribution in [0.5, 0.6) is 0 Å². The van der Waals surface area contributed by atoms with E-state index < -0.39 is 0 Å². The van der Waals surface area contributed by atoms with Crippen molar-refractivity contribution in [3.8, 4) is 5.69 Å². The number of fused-ring (bicyclic) bond motifs is 1. The molecule has 0 bridgehead atoms. The molecule has 0 aliphatic carbocycles. The highest BCUT2D eigenvalue weighted by Crippen LogP contribution is 2.28. The zero-order valence-corrected chi connectivity index (χ0v) is 17.5. The van der Waals surface area contributed by atoms with Crippen LogP contribution in [0.2, 0.25) is 0 Å². The smallest absolute Gasteiger partial charge is 0.229 e. The van der Waals surface area contributed by atoms with Gasteiger partial charge in [0, 0.05) is 18.8 Å².